The second-order valence-electron chi connectivity index (χ2n) is 7.67. The Balaban J connectivity index is 1.60. The molecule has 0 saturated carbocycles. The minimum absolute atomic E-state index is 0.201. The van der Waals surface area contributed by atoms with Crippen molar-refractivity contribution in [1.82, 2.24) is 4.90 Å². The molecular weight excluding hydrogens is 334 g/mol. The van der Waals surface area contributed by atoms with Gasteiger partial charge in [-0.05, 0) is 58.4 Å². The van der Waals surface area contributed by atoms with Crippen molar-refractivity contribution in [3.63, 3.8) is 0 Å². The maximum Gasteiger partial charge on any atom is 0.410 e. The van der Waals surface area contributed by atoms with Crippen molar-refractivity contribution in [2.45, 2.75) is 45.8 Å². The molecule has 138 valence electrons. The Morgan fingerprint density at radius 1 is 1.20 bits per heavy atom. The number of amides is 1. The Hall–Kier alpha value is -1.56. The van der Waals surface area contributed by atoms with Gasteiger partial charge >= 0.3 is 6.09 Å². The molecule has 25 heavy (non-hydrogen) atoms. The first-order valence-corrected chi connectivity index (χ1v) is 10.2. The van der Waals surface area contributed by atoms with Crippen LogP contribution in [-0.2, 0) is 4.74 Å². The molecule has 0 bridgehead atoms. The van der Waals surface area contributed by atoms with Crippen molar-refractivity contribution < 1.29 is 9.53 Å². The van der Waals surface area contributed by atoms with Crippen LogP contribution in [-0.4, -0.2) is 54.0 Å². The number of thioether (sulfide) groups is 1. The van der Waals surface area contributed by atoms with E-state index in [2.05, 4.69) is 34.1 Å². The predicted octanol–water partition coefficient (Wildman–Crippen LogP) is 3.99. The zero-order valence-corrected chi connectivity index (χ0v) is 16.5. The van der Waals surface area contributed by atoms with Crippen LogP contribution in [0.3, 0.4) is 0 Å². The van der Waals surface area contributed by atoms with E-state index in [1.54, 1.807) is 0 Å². The number of nitrogens with zero attached hydrogens (tertiary/aromatic N) is 3. The summed E-state index contributed by atoms with van der Waals surface area (Å²) in [6.07, 6.45) is 0.782. The van der Waals surface area contributed by atoms with Crippen LogP contribution in [0.4, 0.5) is 16.2 Å². The third-order valence-electron chi connectivity index (χ3n) is 4.65. The van der Waals surface area contributed by atoms with E-state index in [-0.39, 0.29) is 12.1 Å². The minimum atomic E-state index is -0.451. The Labute approximate surface area is 155 Å². The first kappa shape index (κ1) is 18.2. The summed E-state index contributed by atoms with van der Waals surface area (Å²) in [5, 5.41) is 0. The molecule has 1 atom stereocenters. The lowest BCUT2D eigenvalue weighted by molar-refractivity contribution is 0.0191. The predicted molar refractivity (Wildman–Crippen MR) is 105 cm³/mol. The number of likely N-dealkylation sites (N-methyl/N-ethyl adjacent to an activating group) is 1. The lowest BCUT2D eigenvalue weighted by atomic mass is 10.2. The van der Waals surface area contributed by atoms with E-state index in [0.29, 0.717) is 6.54 Å². The van der Waals surface area contributed by atoms with Crippen LogP contribution in [0, 0.1) is 0 Å². The molecule has 2 fully saturated rings. The average molecular weight is 364 g/mol. The zero-order valence-electron chi connectivity index (χ0n) is 15.7. The summed E-state index contributed by atoms with van der Waals surface area (Å²) in [7, 11) is 0. The lowest BCUT2D eigenvalue weighted by Gasteiger charge is -2.33. The van der Waals surface area contributed by atoms with E-state index in [1.165, 1.54) is 11.4 Å². The van der Waals surface area contributed by atoms with Crippen LogP contribution in [0.15, 0.2) is 24.3 Å². The number of hydrogen-bond donors (Lipinski definition) is 0. The number of rotatable bonds is 4. The summed E-state index contributed by atoms with van der Waals surface area (Å²) >= 11 is 1.95. The summed E-state index contributed by atoms with van der Waals surface area (Å²) < 4.78 is 5.57. The number of benzene rings is 1. The molecular formula is C19H29N3O2S. The van der Waals surface area contributed by atoms with Gasteiger partial charge in [0, 0.05) is 31.0 Å². The third-order valence-corrected chi connectivity index (χ3v) is 5.64. The van der Waals surface area contributed by atoms with Crippen molar-refractivity contribution in [1.29, 1.82) is 0 Å². The van der Waals surface area contributed by atoms with Gasteiger partial charge in [0.25, 0.3) is 0 Å². The van der Waals surface area contributed by atoms with E-state index in [1.807, 2.05) is 44.4 Å². The van der Waals surface area contributed by atoms with Gasteiger partial charge in [0.2, 0.25) is 0 Å². The van der Waals surface area contributed by atoms with Gasteiger partial charge in [-0.1, -0.05) is 0 Å². The highest BCUT2D eigenvalue weighted by molar-refractivity contribution is 8.00. The van der Waals surface area contributed by atoms with Gasteiger partial charge < -0.3 is 19.4 Å². The molecule has 0 spiro atoms. The molecule has 1 aromatic rings. The van der Waals surface area contributed by atoms with Crippen LogP contribution in [0.5, 0.6) is 0 Å². The monoisotopic (exact) mass is 363 g/mol. The molecule has 2 aliphatic rings. The smallest absolute Gasteiger partial charge is 0.410 e. The molecule has 2 saturated heterocycles. The molecule has 1 unspecified atom stereocenters. The molecule has 0 N–H and O–H groups in total. The maximum absolute atomic E-state index is 12.5. The Bertz CT molecular complexity index is 596. The van der Waals surface area contributed by atoms with Crippen molar-refractivity contribution in [2.24, 2.45) is 0 Å². The molecule has 2 heterocycles. The molecule has 6 heteroatoms. The number of anilines is 2. The second kappa shape index (κ2) is 7.36. The summed E-state index contributed by atoms with van der Waals surface area (Å²) in [5.41, 5.74) is 2.08. The zero-order chi connectivity index (χ0) is 18.0. The van der Waals surface area contributed by atoms with Crippen LogP contribution >= 0.6 is 11.8 Å². The first-order chi connectivity index (χ1) is 11.9. The maximum atomic E-state index is 12.5. The van der Waals surface area contributed by atoms with Crippen molar-refractivity contribution in [3.8, 4) is 0 Å². The summed E-state index contributed by atoms with van der Waals surface area (Å²) in [4.78, 5) is 19.1. The molecule has 3 rings (SSSR count). The Morgan fingerprint density at radius 3 is 2.28 bits per heavy atom. The molecule has 0 radical (unpaired) electrons. The number of hydrogen-bond acceptors (Lipinski definition) is 5. The van der Waals surface area contributed by atoms with E-state index in [9.17, 15) is 4.79 Å². The summed E-state index contributed by atoms with van der Waals surface area (Å²) in [6.45, 7) is 10.3. The van der Waals surface area contributed by atoms with E-state index in [0.717, 1.165) is 31.3 Å². The van der Waals surface area contributed by atoms with Crippen LogP contribution in [0.1, 0.15) is 34.1 Å². The van der Waals surface area contributed by atoms with E-state index < -0.39 is 5.60 Å². The van der Waals surface area contributed by atoms with Gasteiger partial charge in [0.1, 0.15) is 5.60 Å². The summed E-state index contributed by atoms with van der Waals surface area (Å²) in [5.74, 6) is 2.18. The number of carbonyl (C=O) groups is 1. The van der Waals surface area contributed by atoms with Gasteiger partial charge in [-0.15, -0.1) is 11.8 Å². The fraction of sp³-hybridized carbons (Fsp3) is 0.632. The second-order valence-corrected chi connectivity index (χ2v) is 8.60. The van der Waals surface area contributed by atoms with Crippen LogP contribution < -0.4 is 9.80 Å². The van der Waals surface area contributed by atoms with Crippen molar-refractivity contribution >= 4 is 29.2 Å². The Morgan fingerprint density at radius 2 is 1.80 bits per heavy atom. The van der Waals surface area contributed by atoms with Crippen LogP contribution in [0.25, 0.3) is 0 Å². The molecule has 5 nitrogen and oxygen atoms in total. The highest BCUT2D eigenvalue weighted by atomic mass is 32.2. The summed E-state index contributed by atoms with van der Waals surface area (Å²) in [6, 6.07) is 9.02. The fourth-order valence-corrected chi connectivity index (χ4v) is 3.96. The molecule has 2 aliphatic heterocycles. The van der Waals surface area contributed by atoms with E-state index in [4.69, 9.17) is 4.74 Å². The standard InChI is InChI=1S/C19H29N3O2S/c1-5-22(18(23)24-19(2,3)4)17-10-11-20(12-17)15-6-8-16(9-7-15)21-13-25-14-21/h6-9,17H,5,10-14H2,1-4H3. The number of carbonyl (C=O) groups excluding carboxylic acids is 1. The lowest BCUT2D eigenvalue weighted by Crippen LogP contribution is -2.44. The molecule has 0 aliphatic carbocycles. The molecule has 0 aromatic heterocycles. The SMILES string of the molecule is CCN(C(=O)OC(C)(C)C)C1CCN(c2ccc(N3CSC3)cc2)C1. The average Bonchev–Trinajstić information content (AvgIpc) is 2.95. The fourth-order valence-electron chi connectivity index (χ4n) is 3.29. The van der Waals surface area contributed by atoms with E-state index >= 15 is 0 Å². The van der Waals surface area contributed by atoms with Gasteiger partial charge in [-0.2, -0.15) is 0 Å². The van der Waals surface area contributed by atoms with Crippen LogP contribution in [0.2, 0.25) is 0 Å². The number of ether oxygens (including phenoxy) is 1. The minimum Gasteiger partial charge on any atom is -0.444 e. The molecule has 1 amide bonds. The van der Waals surface area contributed by atoms with Gasteiger partial charge in [-0.25, -0.2) is 4.79 Å². The van der Waals surface area contributed by atoms with Crippen molar-refractivity contribution in [2.75, 3.05) is 41.2 Å². The third kappa shape index (κ3) is 4.35. The highest BCUT2D eigenvalue weighted by Crippen LogP contribution is 2.30. The Kier molecular flexibility index (Phi) is 5.37. The normalized spacial score (nSPS) is 20.4. The van der Waals surface area contributed by atoms with Gasteiger partial charge in [-0.3, -0.25) is 0 Å². The topological polar surface area (TPSA) is 36.0 Å². The van der Waals surface area contributed by atoms with Crippen molar-refractivity contribution in [3.05, 3.63) is 24.3 Å². The van der Waals surface area contributed by atoms with Gasteiger partial charge in [0.15, 0.2) is 0 Å². The first-order valence-electron chi connectivity index (χ1n) is 9.04. The largest absolute Gasteiger partial charge is 0.444 e. The molecule has 1 aromatic carbocycles. The van der Waals surface area contributed by atoms with Gasteiger partial charge in [0.05, 0.1) is 17.8 Å². The quantitative estimate of drug-likeness (QED) is 0.808. The highest BCUT2D eigenvalue weighted by Gasteiger charge is 2.32.